The number of aromatic nitrogens is 1. The minimum atomic E-state index is -0.217. The van der Waals surface area contributed by atoms with Crippen molar-refractivity contribution in [3.63, 3.8) is 0 Å². The van der Waals surface area contributed by atoms with E-state index in [1.807, 2.05) is 0 Å². The van der Waals surface area contributed by atoms with Crippen molar-refractivity contribution in [3.8, 4) is 0 Å². The molecular formula is C11H14BrFN2. The van der Waals surface area contributed by atoms with Gasteiger partial charge in [0.1, 0.15) is 0 Å². The van der Waals surface area contributed by atoms with Gasteiger partial charge in [-0.3, -0.25) is 0 Å². The molecule has 1 fully saturated rings. The molecule has 0 aromatic carbocycles. The highest BCUT2D eigenvalue weighted by atomic mass is 79.9. The van der Waals surface area contributed by atoms with Crippen molar-refractivity contribution in [2.45, 2.75) is 25.3 Å². The number of alkyl halides is 1. The van der Waals surface area contributed by atoms with Crippen LogP contribution in [0.4, 0.5) is 10.2 Å². The summed E-state index contributed by atoms with van der Waals surface area (Å²) in [5.74, 6) is 0.284. The van der Waals surface area contributed by atoms with E-state index in [0.29, 0.717) is 11.9 Å². The second kappa shape index (κ2) is 4.92. The summed E-state index contributed by atoms with van der Waals surface area (Å²) in [6.45, 7) is 0.818. The van der Waals surface area contributed by atoms with E-state index in [9.17, 15) is 4.39 Å². The lowest BCUT2D eigenvalue weighted by Gasteiger charge is -2.38. The first-order valence-corrected chi connectivity index (χ1v) is 6.38. The van der Waals surface area contributed by atoms with E-state index < -0.39 is 0 Å². The standard InChI is InChI=1S/C11H14BrFN2/c12-6-8-15(9-3-1-4-9)11-10(13)5-2-7-14-11/h2,5,7,9H,1,3-4,6,8H2. The highest BCUT2D eigenvalue weighted by molar-refractivity contribution is 9.09. The smallest absolute Gasteiger partial charge is 0.165 e. The van der Waals surface area contributed by atoms with Gasteiger partial charge in [0.15, 0.2) is 11.6 Å². The zero-order valence-corrected chi connectivity index (χ0v) is 10.1. The summed E-state index contributed by atoms with van der Waals surface area (Å²) in [5, 5.41) is 0.847. The van der Waals surface area contributed by atoms with Crippen LogP contribution in [0.15, 0.2) is 18.3 Å². The Labute approximate surface area is 97.6 Å². The average molecular weight is 273 g/mol. The number of hydrogen-bond acceptors (Lipinski definition) is 2. The Balaban J connectivity index is 2.19. The quantitative estimate of drug-likeness (QED) is 0.784. The Morgan fingerprint density at radius 2 is 2.33 bits per heavy atom. The zero-order valence-electron chi connectivity index (χ0n) is 8.50. The second-order valence-electron chi connectivity index (χ2n) is 3.78. The topological polar surface area (TPSA) is 16.1 Å². The largest absolute Gasteiger partial charge is 0.350 e. The van der Waals surface area contributed by atoms with Crippen LogP contribution in [0, 0.1) is 5.82 Å². The number of rotatable bonds is 4. The first-order chi connectivity index (χ1) is 7.33. The number of pyridine rings is 1. The van der Waals surface area contributed by atoms with E-state index in [-0.39, 0.29) is 5.82 Å². The molecule has 0 bridgehead atoms. The third kappa shape index (κ3) is 2.30. The van der Waals surface area contributed by atoms with Crippen LogP contribution in [0.2, 0.25) is 0 Å². The van der Waals surface area contributed by atoms with E-state index in [0.717, 1.165) is 24.7 Å². The van der Waals surface area contributed by atoms with Crippen molar-refractivity contribution in [1.82, 2.24) is 4.98 Å². The van der Waals surface area contributed by atoms with Gasteiger partial charge >= 0.3 is 0 Å². The Morgan fingerprint density at radius 3 is 2.87 bits per heavy atom. The number of halogens is 2. The van der Waals surface area contributed by atoms with Gasteiger partial charge in [0.25, 0.3) is 0 Å². The molecule has 1 heterocycles. The van der Waals surface area contributed by atoms with Gasteiger partial charge in [0.05, 0.1) is 0 Å². The minimum absolute atomic E-state index is 0.217. The highest BCUT2D eigenvalue weighted by Gasteiger charge is 2.26. The van der Waals surface area contributed by atoms with Gasteiger partial charge in [-0.1, -0.05) is 15.9 Å². The first-order valence-electron chi connectivity index (χ1n) is 5.26. The molecule has 0 N–H and O–H groups in total. The van der Waals surface area contributed by atoms with Gasteiger partial charge < -0.3 is 4.90 Å². The van der Waals surface area contributed by atoms with E-state index in [1.165, 1.54) is 12.5 Å². The molecule has 82 valence electrons. The molecule has 2 rings (SSSR count). The van der Waals surface area contributed by atoms with Gasteiger partial charge in [0.2, 0.25) is 0 Å². The van der Waals surface area contributed by atoms with Crippen molar-refractivity contribution in [1.29, 1.82) is 0 Å². The summed E-state index contributed by atoms with van der Waals surface area (Å²) in [6, 6.07) is 3.58. The van der Waals surface area contributed by atoms with Crippen LogP contribution in [-0.2, 0) is 0 Å². The van der Waals surface area contributed by atoms with Gasteiger partial charge in [-0.05, 0) is 31.4 Å². The van der Waals surface area contributed by atoms with Gasteiger partial charge in [-0.25, -0.2) is 9.37 Å². The summed E-state index contributed by atoms with van der Waals surface area (Å²) in [4.78, 5) is 6.21. The lowest BCUT2D eigenvalue weighted by atomic mass is 9.91. The summed E-state index contributed by atoms with van der Waals surface area (Å²) in [6.07, 6.45) is 5.21. The summed E-state index contributed by atoms with van der Waals surface area (Å²) in [7, 11) is 0. The monoisotopic (exact) mass is 272 g/mol. The molecule has 0 unspecified atom stereocenters. The Bertz CT molecular complexity index is 328. The summed E-state index contributed by atoms with van der Waals surface area (Å²) < 4.78 is 13.6. The van der Waals surface area contributed by atoms with Crippen LogP contribution in [0.5, 0.6) is 0 Å². The molecule has 1 aromatic rings. The maximum absolute atomic E-state index is 13.6. The summed E-state index contributed by atoms with van der Waals surface area (Å²) in [5.41, 5.74) is 0. The minimum Gasteiger partial charge on any atom is -0.350 e. The van der Waals surface area contributed by atoms with E-state index >= 15 is 0 Å². The van der Waals surface area contributed by atoms with Crippen LogP contribution in [0.1, 0.15) is 19.3 Å². The van der Waals surface area contributed by atoms with Crippen LogP contribution >= 0.6 is 15.9 Å². The van der Waals surface area contributed by atoms with Crippen LogP contribution in [0.25, 0.3) is 0 Å². The van der Waals surface area contributed by atoms with E-state index in [2.05, 4.69) is 25.8 Å². The predicted octanol–water partition coefficient (Wildman–Crippen LogP) is 2.97. The highest BCUT2D eigenvalue weighted by Crippen LogP contribution is 2.29. The molecule has 0 saturated heterocycles. The molecule has 1 saturated carbocycles. The first kappa shape index (κ1) is 10.9. The van der Waals surface area contributed by atoms with Gasteiger partial charge in [-0.2, -0.15) is 0 Å². The molecule has 0 spiro atoms. The third-order valence-electron chi connectivity index (χ3n) is 2.85. The molecule has 1 aromatic heterocycles. The molecule has 1 aliphatic carbocycles. The van der Waals surface area contributed by atoms with Crippen molar-refractivity contribution < 1.29 is 4.39 Å². The average Bonchev–Trinajstić information content (AvgIpc) is 2.15. The fourth-order valence-corrected chi connectivity index (χ4v) is 2.22. The maximum atomic E-state index is 13.6. The third-order valence-corrected chi connectivity index (χ3v) is 3.21. The summed E-state index contributed by atoms with van der Waals surface area (Å²) >= 11 is 3.40. The molecule has 0 aliphatic heterocycles. The maximum Gasteiger partial charge on any atom is 0.165 e. The fourth-order valence-electron chi connectivity index (χ4n) is 1.84. The second-order valence-corrected chi connectivity index (χ2v) is 4.57. The van der Waals surface area contributed by atoms with E-state index in [4.69, 9.17) is 0 Å². The zero-order chi connectivity index (χ0) is 10.7. The van der Waals surface area contributed by atoms with E-state index in [1.54, 1.807) is 12.3 Å². The van der Waals surface area contributed by atoms with Crippen molar-refractivity contribution in [2.24, 2.45) is 0 Å². The van der Waals surface area contributed by atoms with Crippen LogP contribution in [-0.4, -0.2) is 22.9 Å². The molecule has 4 heteroatoms. The Morgan fingerprint density at radius 1 is 1.53 bits per heavy atom. The predicted molar refractivity (Wildman–Crippen MR) is 63.0 cm³/mol. The Hall–Kier alpha value is -0.640. The molecule has 15 heavy (non-hydrogen) atoms. The number of nitrogens with zero attached hydrogens (tertiary/aromatic N) is 2. The lowest BCUT2D eigenvalue weighted by molar-refractivity contribution is 0.385. The number of hydrogen-bond donors (Lipinski definition) is 0. The number of anilines is 1. The molecule has 1 aliphatic rings. The molecule has 0 atom stereocenters. The molecule has 0 amide bonds. The van der Waals surface area contributed by atoms with Crippen molar-refractivity contribution in [2.75, 3.05) is 16.8 Å². The lowest BCUT2D eigenvalue weighted by Crippen LogP contribution is -2.42. The molecule has 2 nitrogen and oxygen atoms in total. The fraction of sp³-hybridized carbons (Fsp3) is 0.545. The van der Waals surface area contributed by atoms with Gasteiger partial charge in [-0.15, -0.1) is 0 Å². The molecule has 0 radical (unpaired) electrons. The SMILES string of the molecule is Fc1cccnc1N(CCBr)C1CCC1. The van der Waals surface area contributed by atoms with Crippen molar-refractivity contribution in [3.05, 3.63) is 24.1 Å². The molecular weight excluding hydrogens is 259 g/mol. The normalized spacial score (nSPS) is 16.1. The van der Waals surface area contributed by atoms with Crippen LogP contribution < -0.4 is 4.90 Å². The van der Waals surface area contributed by atoms with Crippen LogP contribution in [0.3, 0.4) is 0 Å². The van der Waals surface area contributed by atoms with Gasteiger partial charge in [0, 0.05) is 24.1 Å². The van der Waals surface area contributed by atoms with Crippen molar-refractivity contribution >= 4 is 21.7 Å². The Kier molecular flexibility index (Phi) is 3.57.